The molecular formula is C31H23IN4O7. The number of aromatic carboxylic acids is 2. The van der Waals surface area contributed by atoms with Crippen LogP contribution in [0.4, 0.5) is 0 Å². The van der Waals surface area contributed by atoms with Crippen LogP contribution in [0.1, 0.15) is 60.3 Å². The number of fused-ring (bicyclic) bond motifs is 1. The number of halogens is 1. The second-order valence-corrected chi connectivity index (χ2v) is 10.9. The highest BCUT2D eigenvalue weighted by Gasteiger charge is 2.50. The third-order valence-electron chi connectivity index (χ3n) is 7.49. The van der Waals surface area contributed by atoms with Crippen LogP contribution in [-0.4, -0.2) is 60.4 Å². The number of hydrogen-bond acceptors (Lipinski definition) is 8. The third kappa shape index (κ3) is 5.34. The van der Waals surface area contributed by atoms with Crippen molar-refractivity contribution in [3.05, 3.63) is 123 Å². The van der Waals surface area contributed by atoms with Crippen LogP contribution in [0.3, 0.4) is 0 Å². The minimum Gasteiger partial charge on any atom is -0.478 e. The van der Waals surface area contributed by atoms with Gasteiger partial charge in [-0.3, -0.25) is 4.57 Å². The zero-order valence-corrected chi connectivity index (χ0v) is 24.4. The number of carboxylic acid groups (broad SMARTS) is 2. The van der Waals surface area contributed by atoms with E-state index in [1.54, 1.807) is 77.6 Å². The number of nitrogens with zero attached hydrogens (tertiary/aromatic N) is 4. The molecule has 0 spiro atoms. The van der Waals surface area contributed by atoms with Gasteiger partial charge in [0.25, 0.3) is 0 Å². The van der Waals surface area contributed by atoms with Gasteiger partial charge in [0.2, 0.25) is 0 Å². The predicted octanol–water partition coefficient (Wildman–Crippen LogP) is 5.15. The van der Waals surface area contributed by atoms with Crippen molar-refractivity contribution in [1.82, 2.24) is 19.5 Å². The van der Waals surface area contributed by atoms with Crippen molar-refractivity contribution in [2.24, 2.45) is 0 Å². The van der Waals surface area contributed by atoms with Gasteiger partial charge in [-0.05, 0) is 58.0 Å². The number of benzene rings is 3. The average Bonchev–Trinajstić information content (AvgIpc) is 3.62. The summed E-state index contributed by atoms with van der Waals surface area (Å²) in [5.74, 6) is -4.38. The van der Waals surface area contributed by atoms with Crippen molar-refractivity contribution in [1.29, 1.82) is 0 Å². The van der Waals surface area contributed by atoms with Gasteiger partial charge in [0.1, 0.15) is 34.5 Å². The first kappa shape index (κ1) is 28.4. The van der Waals surface area contributed by atoms with E-state index < -0.39 is 42.1 Å². The number of hydrogen-bond donors (Lipinski definition) is 2. The molecule has 0 bridgehead atoms. The Labute approximate surface area is 258 Å². The molecule has 1 aliphatic rings. The minimum absolute atomic E-state index is 0.0290. The number of aromatic nitrogens is 4. The van der Waals surface area contributed by atoms with Crippen molar-refractivity contribution in [3.8, 4) is 0 Å². The van der Waals surface area contributed by atoms with E-state index in [-0.39, 0.29) is 17.7 Å². The summed E-state index contributed by atoms with van der Waals surface area (Å²) in [4.78, 5) is 50.9. The molecule has 11 nitrogen and oxygen atoms in total. The molecule has 0 amide bonds. The van der Waals surface area contributed by atoms with E-state index in [9.17, 15) is 24.6 Å². The van der Waals surface area contributed by atoms with Gasteiger partial charge in [-0.2, -0.15) is 0 Å². The molecule has 3 aromatic carbocycles. The van der Waals surface area contributed by atoms with Gasteiger partial charge < -0.3 is 19.7 Å². The van der Waals surface area contributed by atoms with E-state index in [4.69, 9.17) is 9.47 Å². The third-order valence-corrected chi connectivity index (χ3v) is 8.28. The summed E-state index contributed by atoms with van der Waals surface area (Å²) in [6.45, 7) is -0.228. The molecule has 12 heteroatoms. The van der Waals surface area contributed by atoms with Crippen LogP contribution >= 0.6 is 22.6 Å². The molecule has 0 unspecified atom stereocenters. The van der Waals surface area contributed by atoms with Gasteiger partial charge in [-0.1, -0.05) is 54.6 Å². The van der Waals surface area contributed by atoms with Gasteiger partial charge in [0, 0.05) is 11.8 Å². The van der Waals surface area contributed by atoms with Gasteiger partial charge >= 0.3 is 17.9 Å². The van der Waals surface area contributed by atoms with E-state index >= 15 is 0 Å². The number of esters is 1. The SMILES string of the molecule is O=C(OC[C@@H]1O[C@@H](n2cnc3c(I)ncnc32)[C@@H](c2ccccc2C(=O)O)[C@@H]1c1ccccc1C(=O)O)c1ccccc1. The summed E-state index contributed by atoms with van der Waals surface area (Å²) in [7, 11) is 0. The van der Waals surface area contributed by atoms with E-state index in [1.807, 2.05) is 0 Å². The summed E-state index contributed by atoms with van der Waals surface area (Å²) in [6, 6.07) is 21.5. The van der Waals surface area contributed by atoms with E-state index in [0.29, 0.717) is 31.6 Å². The first-order valence-corrected chi connectivity index (χ1v) is 14.3. The van der Waals surface area contributed by atoms with Crippen molar-refractivity contribution in [2.45, 2.75) is 24.2 Å². The Kier molecular flexibility index (Phi) is 7.86. The van der Waals surface area contributed by atoms with Crippen molar-refractivity contribution in [2.75, 3.05) is 6.61 Å². The molecule has 2 aromatic heterocycles. The van der Waals surface area contributed by atoms with Crippen LogP contribution in [0.15, 0.2) is 91.5 Å². The van der Waals surface area contributed by atoms with Crippen LogP contribution < -0.4 is 0 Å². The number of ether oxygens (including phenoxy) is 2. The van der Waals surface area contributed by atoms with Crippen LogP contribution in [0.25, 0.3) is 11.2 Å². The lowest BCUT2D eigenvalue weighted by Crippen LogP contribution is -2.27. The monoisotopic (exact) mass is 690 g/mol. The van der Waals surface area contributed by atoms with Crippen molar-refractivity contribution in [3.63, 3.8) is 0 Å². The number of imidazole rings is 1. The first-order chi connectivity index (χ1) is 20.8. The van der Waals surface area contributed by atoms with Crippen LogP contribution in [0.5, 0.6) is 0 Å². The summed E-state index contributed by atoms with van der Waals surface area (Å²) in [5.41, 5.74) is 2.23. The molecule has 216 valence electrons. The number of carbonyl (C=O) groups is 3. The summed E-state index contributed by atoms with van der Waals surface area (Å²) in [5, 5.41) is 20.3. The second kappa shape index (κ2) is 11.9. The van der Waals surface area contributed by atoms with Crippen LogP contribution in [0.2, 0.25) is 0 Å². The normalized spacial score (nSPS) is 19.7. The molecule has 0 saturated carbocycles. The summed E-state index contributed by atoms with van der Waals surface area (Å²) >= 11 is 2.05. The first-order valence-electron chi connectivity index (χ1n) is 13.2. The Balaban J connectivity index is 1.53. The Morgan fingerprint density at radius 3 is 2.07 bits per heavy atom. The molecule has 4 atom stereocenters. The Hall–Kier alpha value is -4.69. The predicted molar refractivity (Wildman–Crippen MR) is 161 cm³/mol. The molecule has 1 fully saturated rings. The molecule has 0 aliphatic carbocycles. The standard InChI is InChI=1S/C31H23IN4O7/c32-26-25-27(34-15-33-26)36(16-35-25)28-24(19-11-5-7-13-21(19)30(39)40)23(18-10-4-6-12-20(18)29(37)38)22(43-28)14-42-31(41)17-8-2-1-3-9-17/h1-13,15-16,22-24,28H,14H2,(H,37,38)(H,39,40)/t22-,23+,24-,28+/m0/s1. The molecule has 5 aromatic rings. The molecule has 6 rings (SSSR count). The number of rotatable bonds is 8. The molecule has 1 aliphatic heterocycles. The lowest BCUT2D eigenvalue weighted by Gasteiger charge is -2.27. The maximum absolute atomic E-state index is 13.0. The highest BCUT2D eigenvalue weighted by molar-refractivity contribution is 14.1. The van der Waals surface area contributed by atoms with Crippen molar-refractivity contribution >= 4 is 51.7 Å². The van der Waals surface area contributed by atoms with Crippen LogP contribution in [0, 0.1) is 3.70 Å². The quantitative estimate of drug-likeness (QED) is 0.127. The maximum Gasteiger partial charge on any atom is 0.338 e. The molecule has 0 radical (unpaired) electrons. The van der Waals surface area contributed by atoms with Gasteiger partial charge in [0.15, 0.2) is 5.65 Å². The second-order valence-electron chi connectivity index (χ2n) is 9.85. The minimum atomic E-state index is -1.15. The Morgan fingerprint density at radius 1 is 0.814 bits per heavy atom. The van der Waals surface area contributed by atoms with Gasteiger partial charge in [-0.25, -0.2) is 29.3 Å². The summed E-state index contributed by atoms with van der Waals surface area (Å²) in [6.07, 6.45) is 1.17. The smallest absolute Gasteiger partial charge is 0.338 e. The fourth-order valence-corrected chi connectivity index (χ4v) is 6.17. The molecule has 3 heterocycles. The fourth-order valence-electron chi connectivity index (χ4n) is 5.67. The van der Waals surface area contributed by atoms with Gasteiger partial charge in [0.05, 0.1) is 23.0 Å². The average molecular weight is 690 g/mol. The maximum atomic E-state index is 13.0. The molecule has 1 saturated heterocycles. The lowest BCUT2D eigenvalue weighted by atomic mass is 9.76. The van der Waals surface area contributed by atoms with E-state index in [0.717, 1.165) is 0 Å². The van der Waals surface area contributed by atoms with Crippen molar-refractivity contribution < 1.29 is 34.1 Å². The van der Waals surface area contributed by atoms with E-state index in [2.05, 4.69) is 37.5 Å². The largest absolute Gasteiger partial charge is 0.478 e. The van der Waals surface area contributed by atoms with E-state index in [1.165, 1.54) is 18.5 Å². The zero-order chi connectivity index (χ0) is 30.1. The topological polar surface area (TPSA) is 154 Å². The highest BCUT2D eigenvalue weighted by Crippen LogP contribution is 2.53. The molecule has 43 heavy (non-hydrogen) atoms. The fraction of sp³-hybridized carbons (Fsp3) is 0.161. The van der Waals surface area contributed by atoms with Gasteiger partial charge in [-0.15, -0.1) is 0 Å². The zero-order valence-electron chi connectivity index (χ0n) is 22.3. The number of carboxylic acids is 2. The summed E-state index contributed by atoms with van der Waals surface area (Å²) < 4.78 is 14.7. The van der Waals surface area contributed by atoms with Crippen LogP contribution in [-0.2, 0) is 9.47 Å². The lowest BCUT2D eigenvalue weighted by molar-refractivity contribution is -0.0362. The Bertz CT molecular complexity index is 1840. The number of carbonyl (C=O) groups excluding carboxylic acids is 1. The molecule has 2 N–H and O–H groups in total. The molecular weight excluding hydrogens is 667 g/mol. The Morgan fingerprint density at radius 2 is 1.42 bits per heavy atom. The highest BCUT2D eigenvalue weighted by atomic mass is 127.